The van der Waals surface area contributed by atoms with Crippen molar-refractivity contribution in [1.29, 1.82) is 0 Å². The zero-order chi connectivity index (χ0) is 14.2. The summed E-state index contributed by atoms with van der Waals surface area (Å²) in [7, 11) is 0. The van der Waals surface area contributed by atoms with Crippen molar-refractivity contribution >= 4 is 27.8 Å². The van der Waals surface area contributed by atoms with Gasteiger partial charge in [0.1, 0.15) is 5.82 Å². The first-order chi connectivity index (χ1) is 10.3. The molecule has 0 amide bonds. The van der Waals surface area contributed by atoms with Gasteiger partial charge in [-0.3, -0.25) is 0 Å². The molecule has 0 spiro atoms. The number of rotatable bonds is 2. The van der Waals surface area contributed by atoms with Crippen LogP contribution in [0.1, 0.15) is 5.56 Å². The SMILES string of the molecule is Nc1nc2ccccc2cc1Cn1cnc2ccccc21. The van der Waals surface area contributed by atoms with Crippen LogP contribution in [0.25, 0.3) is 21.9 Å². The Labute approximate surface area is 121 Å². The molecule has 2 aromatic carbocycles. The van der Waals surface area contributed by atoms with E-state index in [0.29, 0.717) is 12.4 Å². The van der Waals surface area contributed by atoms with Crippen molar-refractivity contribution in [1.82, 2.24) is 14.5 Å². The van der Waals surface area contributed by atoms with E-state index in [-0.39, 0.29) is 0 Å². The van der Waals surface area contributed by atoms with E-state index in [1.807, 2.05) is 42.7 Å². The number of para-hydroxylation sites is 3. The third-order valence-corrected chi connectivity index (χ3v) is 3.70. The highest BCUT2D eigenvalue weighted by Gasteiger charge is 2.07. The monoisotopic (exact) mass is 274 g/mol. The molecule has 4 nitrogen and oxygen atoms in total. The van der Waals surface area contributed by atoms with Crippen molar-refractivity contribution < 1.29 is 0 Å². The number of nitrogens with zero attached hydrogens (tertiary/aromatic N) is 3. The first kappa shape index (κ1) is 11.9. The van der Waals surface area contributed by atoms with Crippen LogP contribution in [0.3, 0.4) is 0 Å². The van der Waals surface area contributed by atoms with Gasteiger partial charge < -0.3 is 10.3 Å². The molecule has 0 aliphatic rings. The largest absolute Gasteiger partial charge is 0.383 e. The van der Waals surface area contributed by atoms with Crippen LogP contribution in [0.15, 0.2) is 60.9 Å². The number of nitrogen functional groups attached to an aromatic ring is 1. The Morgan fingerprint density at radius 1 is 0.952 bits per heavy atom. The maximum atomic E-state index is 6.10. The van der Waals surface area contributed by atoms with Gasteiger partial charge in [-0.05, 0) is 24.3 Å². The molecule has 2 N–H and O–H groups in total. The lowest BCUT2D eigenvalue weighted by atomic mass is 10.1. The number of hydrogen-bond acceptors (Lipinski definition) is 3. The summed E-state index contributed by atoms with van der Waals surface area (Å²) in [6, 6.07) is 18.2. The average Bonchev–Trinajstić information content (AvgIpc) is 2.91. The van der Waals surface area contributed by atoms with Gasteiger partial charge in [-0.25, -0.2) is 9.97 Å². The zero-order valence-electron chi connectivity index (χ0n) is 11.4. The number of anilines is 1. The fourth-order valence-electron chi connectivity index (χ4n) is 2.62. The molecule has 0 atom stereocenters. The minimum absolute atomic E-state index is 0.575. The van der Waals surface area contributed by atoms with Crippen LogP contribution in [-0.2, 0) is 6.54 Å². The lowest BCUT2D eigenvalue weighted by Gasteiger charge is -2.09. The minimum Gasteiger partial charge on any atom is -0.383 e. The van der Waals surface area contributed by atoms with Crippen molar-refractivity contribution in [2.24, 2.45) is 0 Å². The van der Waals surface area contributed by atoms with Gasteiger partial charge in [0.2, 0.25) is 0 Å². The number of fused-ring (bicyclic) bond motifs is 2. The zero-order valence-corrected chi connectivity index (χ0v) is 11.4. The predicted octanol–water partition coefficient (Wildman–Crippen LogP) is 3.22. The Kier molecular flexibility index (Phi) is 2.60. The highest BCUT2D eigenvalue weighted by molar-refractivity contribution is 5.81. The Balaban J connectivity index is 1.82. The summed E-state index contributed by atoms with van der Waals surface area (Å²) in [4.78, 5) is 8.89. The van der Waals surface area contributed by atoms with Crippen LogP contribution < -0.4 is 5.73 Å². The quantitative estimate of drug-likeness (QED) is 0.610. The van der Waals surface area contributed by atoms with Crippen LogP contribution in [0.4, 0.5) is 5.82 Å². The van der Waals surface area contributed by atoms with E-state index in [4.69, 9.17) is 5.73 Å². The molecule has 102 valence electrons. The van der Waals surface area contributed by atoms with Gasteiger partial charge in [-0.2, -0.15) is 0 Å². The molecule has 0 saturated heterocycles. The van der Waals surface area contributed by atoms with Crippen molar-refractivity contribution in [2.75, 3.05) is 5.73 Å². The molecule has 0 aliphatic heterocycles. The van der Waals surface area contributed by atoms with E-state index < -0.39 is 0 Å². The molecule has 0 fully saturated rings. The van der Waals surface area contributed by atoms with Gasteiger partial charge in [-0.1, -0.05) is 30.3 Å². The first-order valence-electron chi connectivity index (χ1n) is 6.85. The molecule has 0 radical (unpaired) electrons. The summed E-state index contributed by atoms with van der Waals surface area (Å²) in [5.41, 5.74) is 10.1. The number of pyridine rings is 1. The van der Waals surface area contributed by atoms with E-state index in [1.165, 1.54) is 0 Å². The highest BCUT2D eigenvalue weighted by Crippen LogP contribution is 2.21. The van der Waals surface area contributed by atoms with Crippen molar-refractivity contribution in [3.05, 3.63) is 66.5 Å². The lowest BCUT2D eigenvalue weighted by molar-refractivity contribution is 0.824. The maximum absolute atomic E-state index is 6.10. The van der Waals surface area contributed by atoms with Crippen molar-refractivity contribution in [3.8, 4) is 0 Å². The molecule has 4 aromatic rings. The second-order valence-electron chi connectivity index (χ2n) is 5.09. The average molecular weight is 274 g/mol. The fourth-order valence-corrected chi connectivity index (χ4v) is 2.62. The second-order valence-corrected chi connectivity index (χ2v) is 5.09. The fraction of sp³-hybridized carbons (Fsp3) is 0.0588. The normalized spacial score (nSPS) is 11.2. The molecule has 4 heteroatoms. The minimum atomic E-state index is 0.575. The number of hydrogen-bond donors (Lipinski definition) is 1. The topological polar surface area (TPSA) is 56.7 Å². The summed E-state index contributed by atoms with van der Waals surface area (Å²) in [5, 5.41) is 1.10. The summed E-state index contributed by atoms with van der Waals surface area (Å²) in [6.07, 6.45) is 1.85. The Hall–Kier alpha value is -2.88. The van der Waals surface area contributed by atoms with Crippen LogP contribution in [-0.4, -0.2) is 14.5 Å². The van der Waals surface area contributed by atoms with Crippen LogP contribution in [0.5, 0.6) is 0 Å². The molecule has 2 heterocycles. The molecule has 0 unspecified atom stereocenters. The van der Waals surface area contributed by atoms with Crippen LogP contribution >= 0.6 is 0 Å². The standard InChI is InChI=1S/C17H14N4/c18-17-13(9-12-5-1-2-6-14(12)20-17)10-21-11-19-15-7-3-4-8-16(15)21/h1-9,11H,10H2,(H2,18,20). The summed E-state index contributed by atoms with van der Waals surface area (Å²) < 4.78 is 2.09. The molecule has 0 bridgehead atoms. The highest BCUT2D eigenvalue weighted by atomic mass is 15.0. The van der Waals surface area contributed by atoms with Gasteiger partial charge in [0, 0.05) is 10.9 Å². The second kappa shape index (κ2) is 4.59. The van der Waals surface area contributed by atoms with Crippen LogP contribution in [0, 0.1) is 0 Å². The van der Waals surface area contributed by atoms with Crippen molar-refractivity contribution in [3.63, 3.8) is 0 Å². The molecular formula is C17H14N4. The molecule has 4 rings (SSSR count). The maximum Gasteiger partial charge on any atom is 0.129 e. The third kappa shape index (κ3) is 2.01. The Bertz CT molecular complexity index is 940. The smallest absolute Gasteiger partial charge is 0.129 e. The first-order valence-corrected chi connectivity index (χ1v) is 6.85. The van der Waals surface area contributed by atoms with Crippen LogP contribution in [0.2, 0.25) is 0 Å². The predicted molar refractivity (Wildman–Crippen MR) is 85.0 cm³/mol. The molecule has 0 aliphatic carbocycles. The van der Waals surface area contributed by atoms with Gasteiger partial charge in [0.05, 0.1) is 29.4 Å². The van der Waals surface area contributed by atoms with Gasteiger partial charge in [-0.15, -0.1) is 0 Å². The van der Waals surface area contributed by atoms with Gasteiger partial charge in [0.25, 0.3) is 0 Å². The molecule has 21 heavy (non-hydrogen) atoms. The van der Waals surface area contributed by atoms with Crippen molar-refractivity contribution in [2.45, 2.75) is 6.54 Å². The molecular weight excluding hydrogens is 260 g/mol. The van der Waals surface area contributed by atoms with E-state index >= 15 is 0 Å². The Morgan fingerprint density at radius 3 is 2.62 bits per heavy atom. The van der Waals surface area contributed by atoms with E-state index in [0.717, 1.165) is 27.5 Å². The summed E-state index contributed by atoms with van der Waals surface area (Å²) in [5.74, 6) is 0.575. The number of aromatic nitrogens is 3. The third-order valence-electron chi connectivity index (χ3n) is 3.70. The van der Waals surface area contributed by atoms with E-state index in [2.05, 4.69) is 32.7 Å². The van der Waals surface area contributed by atoms with E-state index in [9.17, 15) is 0 Å². The van der Waals surface area contributed by atoms with Gasteiger partial charge >= 0.3 is 0 Å². The lowest BCUT2D eigenvalue weighted by Crippen LogP contribution is -2.04. The summed E-state index contributed by atoms with van der Waals surface area (Å²) in [6.45, 7) is 0.671. The molecule has 2 aromatic heterocycles. The number of benzene rings is 2. The molecule has 0 saturated carbocycles. The Morgan fingerprint density at radius 2 is 1.71 bits per heavy atom. The van der Waals surface area contributed by atoms with E-state index in [1.54, 1.807) is 0 Å². The summed E-state index contributed by atoms with van der Waals surface area (Å²) >= 11 is 0. The number of imidazole rings is 1. The van der Waals surface area contributed by atoms with Gasteiger partial charge in [0.15, 0.2) is 0 Å². The number of nitrogens with two attached hydrogens (primary N) is 1.